The SMILES string of the molecule is CC(=O)c1ccc(S(=O)(=O)NNC(=O)c2cccc(S(=O)(=O)N3CCCC3)c2)cc1. The van der Waals surface area contributed by atoms with Crippen molar-refractivity contribution in [2.24, 2.45) is 0 Å². The highest BCUT2D eigenvalue weighted by atomic mass is 32.2. The molecule has 0 radical (unpaired) electrons. The zero-order valence-corrected chi connectivity index (χ0v) is 17.8. The summed E-state index contributed by atoms with van der Waals surface area (Å²) in [6.07, 6.45) is 1.57. The number of ketones is 1. The smallest absolute Gasteiger partial charge is 0.266 e. The second-order valence-corrected chi connectivity index (χ2v) is 10.4. The minimum Gasteiger partial charge on any atom is -0.295 e. The van der Waals surface area contributed by atoms with Gasteiger partial charge in [-0.25, -0.2) is 16.8 Å². The van der Waals surface area contributed by atoms with Crippen LogP contribution >= 0.6 is 0 Å². The lowest BCUT2D eigenvalue weighted by atomic mass is 10.2. The molecular weight excluding hydrogens is 430 g/mol. The predicted molar refractivity (Wildman–Crippen MR) is 109 cm³/mol. The molecule has 9 nitrogen and oxygen atoms in total. The van der Waals surface area contributed by atoms with Crippen molar-refractivity contribution in [1.82, 2.24) is 14.6 Å². The van der Waals surface area contributed by atoms with Crippen molar-refractivity contribution in [2.45, 2.75) is 29.6 Å². The molecule has 0 aromatic heterocycles. The first-order valence-corrected chi connectivity index (χ1v) is 12.1. The Morgan fingerprint density at radius 2 is 1.50 bits per heavy atom. The van der Waals surface area contributed by atoms with E-state index in [1.807, 2.05) is 4.83 Å². The molecule has 1 amide bonds. The molecule has 1 aliphatic rings. The zero-order chi connectivity index (χ0) is 21.9. The quantitative estimate of drug-likeness (QED) is 0.482. The maximum atomic E-state index is 12.6. The van der Waals surface area contributed by atoms with E-state index in [0.29, 0.717) is 18.7 Å². The Labute approximate surface area is 175 Å². The van der Waals surface area contributed by atoms with Gasteiger partial charge in [0.1, 0.15) is 0 Å². The number of Topliss-reactive ketones (excluding diaryl/α,β-unsaturated/α-hetero) is 1. The summed E-state index contributed by atoms with van der Waals surface area (Å²) in [6, 6.07) is 10.6. The molecule has 0 atom stereocenters. The van der Waals surface area contributed by atoms with Crippen LogP contribution in [-0.4, -0.2) is 45.9 Å². The first-order chi connectivity index (χ1) is 14.1. The van der Waals surface area contributed by atoms with Crippen LogP contribution in [0.15, 0.2) is 58.3 Å². The number of benzene rings is 2. The molecule has 1 fully saturated rings. The Bertz CT molecular complexity index is 1170. The summed E-state index contributed by atoms with van der Waals surface area (Å²) in [7, 11) is -7.78. The summed E-state index contributed by atoms with van der Waals surface area (Å²) >= 11 is 0. The molecule has 30 heavy (non-hydrogen) atoms. The van der Waals surface area contributed by atoms with Crippen LogP contribution in [0.3, 0.4) is 0 Å². The minimum absolute atomic E-state index is 0.00935. The Kier molecular flexibility index (Phi) is 6.36. The van der Waals surface area contributed by atoms with E-state index in [4.69, 9.17) is 0 Å². The Balaban J connectivity index is 1.72. The molecule has 1 heterocycles. The fraction of sp³-hybridized carbons (Fsp3) is 0.263. The third kappa shape index (κ3) is 4.75. The summed E-state index contributed by atoms with van der Waals surface area (Å²) in [6.45, 7) is 2.22. The highest BCUT2D eigenvalue weighted by Gasteiger charge is 2.27. The molecule has 0 bridgehead atoms. The maximum absolute atomic E-state index is 12.6. The van der Waals surface area contributed by atoms with Crippen LogP contribution in [0.5, 0.6) is 0 Å². The van der Waals surface area contributed by atoms with Crippen molar-refractivity contribution in [1.29, 1.82) is 0 Å². The standard InChI is InChI=1S/C19H21N3O6S2/c1-14(23)15-7-9-17(10-8-15)29(25,26)21-20-19(24)16-5-4-6-18(13-16)30(27,28)22-11-2-3-12-22/h4-10,13,21H,2-3,11-12H2,1H3,(H,20,24). The molecule has 3 rings (SSSR count). The van der Waals surface area contributed by atoms with Crippen molar-refractivity contribution in [2.75, 3.05) is 13.1 Å². The van der Waals surface area contributed by atoms with Gasteiger partial charge in [-0.1, -0.05) is 18.2 Å². The van der Waals surface area contributed by atoms with E-state index in [2.05, 4.69) is 5.43 Å². The van der Waals surface area contributed by atoms with Crippen LogP contribution in [0.2, 0.25) is 0 Å². The van der Waals surface area contributed by atoms with Crippen molar-refractivity contribution in [3.05, 3.63) is 59.7 Å². The van der Waals surface area contributed by atoms with E-state index in [1.54, 1.807) is 0 Å². The van der Waals surface area contributed by atoms with Gasteiger partial charge in [0.05, 0.1) is 9.79 Å². The molecule has 2 aromatic rings. The van der Waals surface area contributed by atoms with Gasteiger partial charge in [0.25, 0.3) is 15.9 Å². The largest absolute Gasteiger partial charge is 0.295 e. The number of carbonyl (C=O) groups excluding carboxylic acids is 2. The minimum atomic E-state index is -4.08. The monoisotopic (exact) mass is 451 g/mol. The predicted octanol–water partition coefficient (Wildman–Crippen LogP) is 1.30. The second kappa shape index (κ2) is 8.64. The van der Waals surface area contributed by atoms with Crippen LogP contribution in [0.25, 0.3) is 0 Å². The number of hydrogen-bond donors (Lipinski definition) is 2. The van der Waals surface area contributed by atoms with E-state index in [1.165, 1.54) is 59.8 Å². The summed E-state index contributed by atoms with van der Waals surface area (Å²) in [5.74, 6) is -1.01. The van der Waals surface area contributed by atoms with Crippen molar-refractivity contribution in [3.63, 3.8) is 0 Å². The summed E-state index contributed by atoms with van der Waals surface area (Å²) < 4.78 is 51.3. The number of nitrogens with one attached hydrogen (secondary N) is 2. The van der Waals surface area contributed by atoms with Crippen molar-refractivity contribution in [3.8, 4) is 0 Å². The average molecular weight is 452 g/mol. The summed E-state index contributed by atoms with van der Waals surface area (Å²) in [5, 5.41) is 0. The lowest BCUT2D eigenvalue weighted by Gasteiger charge is -2.16. The number of hydrazine groups is 1. The fourth-order valence-corrected chi connectivity index (χ4v) is 5.39. The maximum Gasteiger partial charge on any atom is 0.266 e. The Morgan fingerprint density at radius 1 is 0.867 bits per heavy atom. The molecular formula is C19H21N3O6S2. The highest BCUT2D eigenvalue weighted by Crippen LogP contribution is 2.21. The van der Waals surface area contributed by atoms with Crippen LogP contribution < -0.4 is 10.3 Å². The molecule has 11 heteroatoms. The van der Waals surface area contributed by atoms with Gasteiger partial charge in [-0.05, 0) is 50.1 Å². The fourth-order valence-electron chi connectivity index (χ4n) is 2.99. The van der Waals surface area contributed by atoms with Crippen molar-refractivity contribution < 1.29 is 26.4 Å². The number of rotatable bonds is 7. The van der Waals surface area contributed by atoms with Gasteiger partial charge in [-0.15, -0.1) is 4.83 Å². The first kappa shape index (κ1) is 22.1. The van der Waals surface area contributed by atoms with E-state index in [9.17, 15) is 26.4 Å². The first-order valence-electron chi connectivity index (χ1n) is 9.15. The van der Waals surface area contributed by atoms with Gasteiger partial charge in [-0.2, -0.15) is 4.31 Å². The van der Waals surface area contributed by atoms with Crippen LogP contribution in [0.4, 0.5) is 0 Å². The molecule has 2 aromatic carbocycles. The second-order valence-electron chi connectivity index (χ2n) is 6.78. The molecule has 160 valence electrons. The van der Waals surface area contributed by atoms with Gasteiger partial charge < -0.3 is 0 Å². The third-order valence-electron chi connectivity index (χ3n) is 4.67. The normalized spacial score (nSPS) is 15.1. The van der Waals surface area contributed by atoms with Gasteiger partial charge in [0, 0.05) is 24.2 Å². The van der Waals surface area contributed by atoms with Gasteiger partial charge in [-0.3, -0.25) is 15.0 Å². The highest BCUT2D eigenvalue weighted by molar-refractivity contribution is 7.89. The molecule has 0 saturated carbocycles. The number of sulfonamides is 2. The van der Waals surface area contributed by atoms with E-state index >= 15 is 0 Å². The van der Waals surface area contributed by atoms with E-state index in [0.717, 1.165) is 12.8 Å². The lowest BCUT2D eigenvalue weighted by molar-refractivity contribution is 0.0944. The van der Waals surface area contributed by atoms with Crippen molar-refractivity contribution >= 4 is 31.7 Å². The van der Waals surface area contributed by atoms with Gasteiger partial charge >= 0.3 is 0 Å². The number of carbonyl (C=O) groups is 2. The topological polar surface area (TPSA) is 130 Å². The number of nitrogens with zero attached hydrogens (tertiary/aromatic N) is 1. The van der Waals surface area contributed by atoms with Crippen LogP contribution in [0, 0.1) is 0 Å². The van der Waals surface area contributed by atoms with E-state index in [-0.39, 0.29) is 21.1 Å². The summed E-state index contributed by atoms with van der Waals surface area (Å²) in [5.41, 5.74) is 2.42. The Hall–Kier alpha value is -2.60. The molecule has 0 unspecified atom stereocenters. The number of amides is 1. The van der Waals surface area contributed by atoms with Crippen LogP contribution in [-0.2, 0) is 20.0 Å². The zero-order valence-electron chi connectivity index (χ0n) is 16.2. The third-order valence-corrected chi connectivity index (χ3v) is 7.83. The average Bonchev–Trinajstić information content (AvgIpc) is 3.28. The summed E-state index contributed by atoms with van der Waals surface area (Å²) in [4.78, 5) is 25.5. The molecule has 2 N–H and O–H groups in total. The lowest BCUT2D eigenvalue weighted by Crippen LogP contribution is -2.41. The van der Waals surface area contributed by atoms with Gasteiger partial charge in [0.15, 0.2) is 5.78 Å². The van der Waals surface area contributed by atoms with Gasteiger partial charge in [0.2, 0.25) is 10.0 Å². The molecule has 1 saturated heterocycles. The van der Waals surface area contributed by atoms with Crippen LogP contribution in [0.1, 0.15) is 40.5 Å². The Morgan fingerprint density at radius 3 is 2.10 bits per heavy atom. The number of hydrogen-bond acceptors (Lipinski definition) is 6. The molecule has 1 aliphatic heterocycles. The molecule has 0 spiro atoms. The van der Waals surface area contributed by atoms with E-state index < -0.39 is 26.0 Å². The molecule has 0 aliphatic carbocycles.